The van der Waals surface area contributed by atoms with Gasteiger partial charge in [0.1, 0.15) is 0 Å². The molecule has 0 amide bonds. The molecule has 0 aliphatic heterocycles. The zero-order valence-electron chi connectivity index (χ0n) is 6.20. The van der Waals surface area contributed by atoms with E-state index in [2.05, 4.69) is 0 Å². The van der Waals surface area contributed by atoms with Crippen molar-refractivity contribution in [2.45, 2.75) is 27.1 Å². The molecule has 0 aliphatic rings. The predicted octanol–water partition coefficient (Wildman–Crippen LogP) is 2.36. The van der Waals surface area contributed by atoms with Gasteiger partial charge in [-0.2, -0.15) is 0 Å². The lowest BCUT2D eigenvalue weighted by Gasteiger charge is -1.80. The minimum absolute atomic E-state index is 0.375. The van der Waals surface area contributed by atoms with Crippen LogP contribution in [0.3, 0.4) is 0 Å². The fourth-order valence-corrected chi connectivity index (χ4v) is 0.246. The molecular weight excluding hydrogens is 72.1 g/mol. The van der Waals surface area contributed by atoms with Gasteiger partial charge in [0, 0.05) is 2.74 Å². The van der Waals surface area contributed by atoms with Crippen molar-refractivity contribution in [3.8, 4) is 0 Å². The smallest absolute Gasteiger partial charge is 0.0276 e. The van der Waals surface area contributed by atoms with E-state index in [0.29, 0.717) is 13.8 Å². The van der Waals surface area contributed by atoms with Crippen LogP contribution in [0.15, 0.2) is 11.6 Å². The minimum Gasteiger partial charge on any atom is -0.0862 e. The first kappa shape index (κ1) is 2.84. The Bertz CT molecular complexity index is 76.6. The molecule has 0 unspecified atom stereocenters. The highest BCUT2D eigenvalue weighted by Gasteiger charge is 1.67. The molecule has 0 N–H and O–H groups in total. The van der Waals surface area contributed by atoms with E-state index in [9.17, 15) is 0 Å². The van der Waals surface area contributed by atoms with E-state index >= 15 is 0 Å². The van der Waals surface area contributed by atoms with Crippen LogP contribution in [0.4, 0.5) is 0 Å². The Kier molecular flexibility index (Phi) is 1.40. The normalized spacial score (nSPS) is 16.5. The average molecular weight is 86.2 g/mol. The maximum atomic E-state index is 6.86. The van der Waals surface area contributed by atoms with Gasteiger partial charge in [-0.15, -0.1) is 0 Å². The molecular formula is C6H12. The largest absolute Gasteiger partial charge is 0.0862 e. The highest BCUT2D eigenvalue weighted by atomic mass is 13.7. The fraction of sp³-hybridized carbons (Fsp3) is 0.667. The third-order valence-electron chi connectivity index (χ3n) is 0.493. The van der Waals surface area contributed by atoms with Gasteiger partial charge in [-0.05, 0) is 20.2 Å². The topological polar surface area (TPSA) is 0 Å². The summed E-state index contributed by atoms with van der Waals surface area (Å²) in [4.78, 5) is 0. The van der Waals surface area contributed by atoms with Gasteiger partial charge in [-0.3, -0.25) is 0 Å². The van der Waals surface area contributed by atoms with Crippen LogP contribution < -0.4 is 0 Å². The van der Waals surface area contributed by atoms with Gasteiger partial charge in [0.2, 0.25) is 0 Å². The van der Waals surface area contributed by atoms with Crippen LogP contribution in [0.5, 0.6) is 0 Å². The summed E-state index contributed by atoms with van der Waals surface area (Å²) in [6, 6.07) is 0. The van der Waals surface area contributed by atoms with E-state index in [1.54, 1.807) is 0 Å². The van der Waals surface area contributed by atoms with Gasteiger partial charge in [0.15, 0.2) is 0 Å². The first-order valence-corrected chi connectivity index (χ1v) is 2.05. The van der Waals surface area contributed by atoms with Crippen molar-refractivity contribution < 1.29 is 2.74 Å². The van der Waals surface area contributed by atoms with Crippen LogP contribution in [0.25, 0.3) is 0 Å². The molecule has 0 fully saturated rings. The second-order valence-corrected chi connectivity index (χ2v) is 1.34. The Hall–Kier alpha value is -0.260. The van der Waals surface area contributed by atoms with E-state index in [1.807, 2.05) is 13.0 Å². The Morgan fingerprint density at radius 1 is 2.00 bits per heavy atom. The molecule has 0 saturated heterocycles. The number of hydrogen-bond donors (Lipinski definition) is 0. The predicted molar refractivity (Wildman–Crippen MR) is 29.7 cm³/mol. The van der Waals surface area contributed by atoms with Gasteiger partial charge in [0.05, 0.1) is 0 Å². The molecule has 0 heteroatoms. The van der Waals surface area contributed by atoms with Gasteiger partial charge in [-0.25, -0.2) is 0 Å². The first-order valence-electron chi connectivity index (χ1n) is 3.46. The first-order chi connectivity index (χ1) is 3.81. The second kappa shape index (κ2) is 2.95. The van der Waals surface area contributed by atoms with Gasteiger partial charge in [-0.1, -0.05) is 18.5 Å². The number of hydrogen-bond acceptors (Lipinski definition) is 0. The van der Waals surface area contributed by atoms with Crippen LogP contribution in [-0.2, 0) is 0 Å². The monoisotopic (exact) mass is 86.1 g/mol. The molecule has 0 spiro atoms. The van der Waals surface area contributed by atoms with E-state index in [4.69, 9.17) is 2.74 Å². The van der Waals surface area contributed by atoms with E-state index in [1.165, 1.54) is 0 Å². The van der Waals surface area contributed by atoms with Crippen molar-refractivity contribution in [1.82, 2.24) is 0 Å². The Morgan fingerprint density at radius 2 is 2.83 bits per heavy atom. The lowest BCUT2D eigenvalue weighted by Crippen LogP contribution is -1.58. The summed E-state index contributed by atoms with van der Waals surface area (Å²) in [5, 5.41) is 0. The van der Waals surface area contributed by atoms with Gasteiger partial charge in [0.25, 0.3) is 0 Å². The third kappa shape index (κ3) is 3.74. The SMILES string of the molecule is [2H]CCC=C(C)C[2H]. The molecule has 0 aromatic carbocycles. The van der Waals surface area contributed by atoms with Crippen molar-refractivity contribution >= 4 is 0 Å². The number of allylic oxidation sites excluding steroid dienone is 2. The zero-order valence-corrected chi connectivity index (χ0v) is 4.20. The van der Waals surface area contributed by atoms with Crippen molar-refractivity contribution in [3.05, 3.63) is 11.6 Å². The van der Waals surface area contributed by atoms with Gasteiger partial charge < -0.3 is 0 Å². The molecule has 0 aromatic heterocycles. The van der Waals surface area contributed by atoms with Crippen LogP contribution in [0.1, 0.15) is 29.9 Å². The molecule has 0 rings (SSSR count). The van der Waals surface area contributed by atoms with Crippen molar-refractivity contribution in [2.75, 3.05) is 0 Å². The summed E-state index contributed by atoms with van der Waals surface area (Å²) in [6.45, 7) is 2.74. The molecule has 6 heavy (non-hydrogen) atoms. The van der Waals surface area contributed by atoms with Crippen LogP contribution >= 0.6 is 0 Å². The third-order valence-corrected chi connectivity index (χ3v) is 0.493. The Balaban J connectivity index is 3.26. The maximum Gasteiger partial charge on any atom is 0.0276 e. The lowest BCUT2D eigenvalue weighted by molar-refractivity contribution is 1.18. The van der Waals surface area contributed by atoms with E-state index in [-0.39, 0.29) is 0 Å². The molecule has 0 nitrogen and oxygen atoms in total. The average Bonchev–Trinajstić information content (AvgIpc) is 1.83. The highest BCUT2D eigenvalue weighted by molar-refractivity contribution is 4.91. The molecule has 0 aromatic rings. The minimum atomic E-state index is 0.375. The van der Waals surface area contributed by atoms with E-state index in [0.717, 1.165) is 12.0 Å². The molecule has 0 radical (unpaired) electrons. The molecule has 0 heterocycles. The van der Waals surface area contributed by atoms with E-state index < -0.39 is 0 Å². The molecule has 0 saturated carbocycles. The number of rotatable bonds is 1. The summed E-state index contributed by atoms with van der Waals surface area (Å²) in [7, 11) is 0. The standard InChI is InChI=1S/C6H12/c1-4-5-6(2)3/h5H,4H2,1-3H3/i1D,2D. The summed E-state index contributed by atoms with van der Waals surface area (Å²) in [6.07, 6.45) is 2.74. The van der Waals surface area contributed by atoms with Crippen molar-refractivity contribution in [2.24, 2.45) is 0 Å². The summed E-state index contributed by atoms with van der Waals surface area (Å²) in [5.74, 6) is 0. The summed E-state index contributed by atoms with van der Waals surface area (Å²) in [5.41, 5.74) is 1.07. The van der Waals surface area contributed by atoms with Crippen LogP contribution in [0, 0.1) is 0 Å². The Morgan fingerprint density at radius 3 is 3.33 bits per heavy atom. The Labute approximate surface area is 42.7 Å². The zero-order chi connectivity index (χ0) is 6.41. The molecule has 0 aliphatic carbocycles. The van der Waals surface area contributed by atoms with Crippen molar-refractivity contribution in [3.63, 3.8) is 0 Å². The fourth-order valence-electron chi connectivity index (χ4n) is 0.246. The van der Waals surface area contributed by atoms with Crippen molar-refractivity contribution in [1.29, 1.82) is 0 Å². The summed E-state index contributed by atoms with van der Waals surface area (Å²) < 4.78 is 13.6. The van der Waals surface area contributed by atoms with Gasteiger partial charge >= 0.3 is 0 Å². The second-order valence-electron chi connectivity index (χ2n) is 1.34. The van der Waals surface area contributed by atoms with Crippen LogP contribution in [0.2, 0.25) is 0 Å². The maximum absolute atomic E-state index is 6.86. The van der Waals surface area contributed by atoms with Crippen LogP contribution in [-0.4, -0.2) is 0 Å². The lowest BCUT2D eigenvalue weighted by atomic mass is 10.3. The molecule has 0 bridgehead atoms. The molecule has 36 valence electrons. The highest BCUT2D eigenvalue weighted by Crippen LogP contribution is 1.88. The summed E-state index contributed by atoms with van der Waals surface area (Å²) >= 11 is 0. The quantitative estimate of drug-likeness (QED) is 0.430. The molecule has 0 atom stereocenters.